The van der Waals surface area contributed by atoms with E-state index in [0.717, 1.165) is 32.6 Å². The van der Waals surface area contributed by atoms with E-state index in [1.807, 2.05) is 12.1 Å². The summed E-state index contributed by atoms with van der Waals surface area (Å²) < 4.78 is 0. The molecule has 4 heteroatoms. The van der Waals surface area contributed by atoms with Crippen LogP contribution in [0.1, 0.15) is 31.9 Å². The van der Waals surface area contributed by atoms with Crippen LogP contribution in [0.2, 0.25) is 0 Å². The molecular formula is C17H27N3O. The maximum atomic E-state index is 12.4. The summed E-state index contributed by atoms with van der Waals surface area (Å²) in [7, 11) is 0. The minimum Gasteiger partial charge on any atom is -0.351 e. The van der Waals surface area contributed by atoms with Crippen molar-refractivity contribution in [2.75, 3.05) is 19.6 Å². The number of carbonyl (C=O) groups is 1. The van der Waals surface area contributed by atoms with Crippen molar-refractivity contribution in [1.29, 1.82) is 0 Å². The fraction of sp³-hybridized carbons (Fsp3) is 0.588. The van der Waals surface area contributed by atoms with Crippen LogP contribution in [0.25, 0.3) is 0 Å². The summed E-state index contributed by atoms with van der Waals surface area (Å²) in [6.45, 7) is 10.1. The number of benzene rings is 1. The molecule has 1 aliphatic heterocycles. The minimum atomic E-state index is -0.112. The van der Waals surface area contributed by atoms with Crippen molar-refractivity contribution in [3.63, 3.8) is 0 Å². The lowest BCUT2D eigenvalue weighted by atomic mass is 9.95. The molecule has 1 heterocycles. The molecule has 0 fully saturated rings. The molecule has 0 saturated heterocycles. The van der Waals surface area contributed by atoms with E-state index in [1.54, 1.807) is 0 Å². The highest BCUT2D eigenvalue weighted by Gasteiger charge is 2.24. The SMILES string of the molecule is CCN(CC)CC(C)NC(=O)C1Cc2ccccc2CN1. The summed E-state index contributed by atoms with van der Waals surface area (Å²) in [5.74, 6) is 0.115. The van der Waals surface area contributed by atoms with Crippen LogP contribution in [0.15, 0.2) is 24.3 Å². The van der Waals surface area contributed by atoms with Gasteiger partial charge in [-0.3, -0.25) is 4.79 Å². The van der Waals surface area contributed by atoms with Gasteiger partial charge >= 0.3 is 0 Å². The molecule has 4 nitrogen and oxygen atoms in total. The second kappa shape index (κ2) is 7.57. The van der Waals surface area contributed by atoms with Gasteiger partial charge in [-0.2, -0.15) is 0 Å². The van der Waals surface area contributed by atoms with Gasteiger partial charge in [-0.15, -0.1) is 0 Å². The molecule has 1 aromatic carbocycles. The number of carbonyl (C=O) groups excluding carboxylic acids is 1. The van der Waals surface area contributed by atoms with Crippen molar-refractivity contribution >= 4 is 5.91 Å². The molecule has 2 rings (SSSR count). The van der Waals surface area contributed by atoms with Crippen LogP contribution in [-0.2, 0) is 17.8 Å². The van der Waals surface area contributed by atoms with Crippen LogP contribution in [0.3, 0.4) is 0 Å². The molecule has 2 atom stereocenters. The van der Waals surface area contributed by atoms with Gasteiger partial charge in [-0.1, -0.05) is 38.1 Å². The minimum absolute atomic E-state index is 0.112. The number of amides is 1. The molecule has 116 valence electrons. The Kier molecular flexibility index (Phi) is 5.76. The summed E-state index contributed by atoms with van der Waals surface area (Å²) in [6, 6.07) is 8.40. The van der Waals surface area contributed by atoms with Crippen LogP contribution in [0, 0.1) is 0 Å². The average Bonchev–Trinajstić information content (AvgIpc) is 2.52. The molecule has 0 aromatic heterocycles. The van der Waals surface area contributed by atoms with E-state index in [9.17, 15) is 4.79 Å². The second-order valence-electron chi connectivity index (χ2n) is 5.80. The first-order valence-electron chi connectivity index (χ1n) is 7.96. The standard InChI is InChI=1S/C17H27N3O/c1-4-20(5-2)12-13(3)19-17(21)16-10-14-8-6-7-9-15(14)11-18-16/h6-9,13,16,18H,4-5,10-12H2,1-3H3,(H,19,21). The molecule has 1 amide bonds. The van der Waals surface area contributed by atoms with Crippen molar-refractivity contribution < 1.29 is 4.79 Å². The number of hydrogen-bond donors (Lipinski definition) is 2. The van der Waals surface area contributed by atoms with Crippen LogP contribution < -0.4 is 10.6 Å². The summed E-state index contributed by atoms with van der Waals surface area (Å²) in [5.41, 5.74) is 2.59. The van der Waals surface area contributed by atoms with Crippen LogP contribution in [0.4, 0.5) is 0 Å². The zero-order valence-corrected chi connectivity index (χ0v) is 13.4. The van der Waals surface area contributed by atoms with Crippen LogP contribution in [-0.4, -0.2) is 42.5 Å². The summed E-state index contributed by atoms with van der Waals surface area (Å²) in [5, 5.41) is 6.47. The van der Waals surface area contributed by atoms with E-state index in [2.05, 4.69) is 48.4 Å². The molecule has 1 aliphatic rings. The lowest BCUT2D eigenvalue weighted by Gasteiger charge is -2.28. The normalized spacial score (nSPS) is 19.1. The van der Waals surface area contributed by atoms with Crippen molar-refractivity contribution in [2.45, 2.75) is 45.8 Å². The first-order valence-corrected chi connectivity index (χ1v) is 7.96. The van der Waals surface area contributed by atoms with Gasteiger partial charge in [0.2, 0.25) is 5.91 Å². The third-order valence-electron chi connectivity index (χ3n) is 4.21. The van der Waals surface area contributed by atoms with Crippen LogP contribution in [0.5, 0.6) is 0 Å². The van der Waals surface area contributed by atoms with Gasteiger partial charge in [0.1, 0.15) is 0 Å². The van der Waals surface area contributed by atoms with E-state index in [0.29, 0.717) is 0 Å². The first-order chi connectivity index (χ1) is 10.1. The molecule has 2 unspecified atom stereocenters. The monoisotopic (exact) mass is 289 g/mol. The largest absolute Gasteiger partial charge is 0.351 e. The Morgan fingerprint density at radius 1 is 1.33 bits per heavy atom. The van der Waals surface area contributed by atoms with Gasteiger partial charge in [0.25, 0.3) is 0 Å². The summed E-state index contributed by atoms with van der Waals surface area (Å²) in [4.78, 5) is 14.7. The highest BCUT2D eigenvalue weighted by atomic mass is 16.2. The number of rotatable bonds is 6. The smallest absolute Gasteiger partial charge is 0.237 e. The van der Waals surface area contributed by atoms with Crippen LogP contribution >= 0.6 is 0 Å². The number of nitrogens with one attached hydrogen (secondary N) is 2. The summed E-state index contributed by atoms with van der Waals surface area (Å²) in [6.07, 6.45) is 0.778. The maximum Gasteiger partial charge on any atom is 0.237 e. The Morgan fingerprint density at radius 2 is 2.00 bits per heavy atom. The summed E-state index contributed by atoms with van der Waals surface area (Å²) >= 11 is 0. The van der Waals surface area contributed by atoms with Gasteiger partial charge in [0.05, 0.1) is 6.04 Å². The number of nitrogens with zero attached hydrogens (tertiary/aromatic N) is 1. The topological polar surface area (TPSA) is 44.4 Å². The van der Waals surface area contributed by atoms with Crippen molar-refractivity contribution in [1.82, 2.24) is 15.5 Å². The molecule has 0 radical (unpaired) electrons. The first kappa shape index (κ1) is 16.0. The average molecular weight is 289 g/mol. The molecule has 1 aromatic rings. The number of likely N-dealkylation sites (N-methyl/N-ethyl adjacent to an activating group) is 1. The van der Waals surface area contributed by atoms with Crippen molar-refractivity contribution in [2.24, 2.45) is 0 Å². The van der Waals surface area contributed by atoms with Gasteiger partial charge in [-0.05, 0) is 37.6 Å². The second-order valence-corrected chi connectivity index (χ2v) is 5.80. The van der Waals surface area contributed by atoms with E-state index in [4.69, 9.17) is 0 Å². The van der Waals surface area contributed by atoms with E-state index >= 15 is 0 Å². The molecule has 0 aliphatic carbocycles. The fourth-order valence-electron chi connectivity index (χ4n) is 2.90. The predicted molar refractivity (Wildman–Crippen MR) is 86.2 cm³/mol. The highest BCUT2D eigenvalue weighted by Crippen LogP contribution is 2.16. The number of fused-ring (bicyclic) bond motifs is 1. The quantitative estimate of drug-likeness (QED) is 0.835. The lowest BCUT2D eigenvalue weighted by molar-refractivity contribution is -0.124. The van der Waals surface area contributed by atoms with E-state index < -0.39 is 0 Å². The Hall–Kier alpha value is -1.39. The van der Waals surface area contributed by atoms with Crippen molar-refractivity contribution in [3.8, 4) is 0 Å². The van der Waals surface area contributed by atoms with E-state index in [1.165, 1.54) is 11.1 Å². The fourth-order valence-corrected chi connectivity index (χ4v) is 2.90. The van der Waals surface area contributed by atoms with Gasteiger partial charge in [-0.25, -0.2) is 0 Å². The predicted octanol–water partition coefficient (Wildman–Crippen LogP) is 1.55. The molecule has 0 spiro atoms. The third-order valence-corrected chi connectivity index (χ3v) is 4.21. The third kappa shape index (κ3) is 4.29. The van der Waals surface area contributed by atoms with E-state index in [-0.39, 0.29) is 18.0 Å². The Bertz CT molecular complexity index is 471. The number of hydrogen-bond acceptors (Lipinski definition) is 3. The zero-order valence-electron chi connectivity index (χ0n) is 13.4. The van der Waals surface area contributed by atoms with Gasteiger partial charge < -0.3 is 15.5 Å². The Balaban J connectivity index is 1.87. The Labute approximate surface area is 127 Å². The molecule has 21 heavy (non-hydrogen) atoms. The molecular weight excluding hydrogens is 262 g/mol. The maximum absolute atomic E-state index is 12.4. The Morgan fingerprint density at radius 3 is 2.67 bits per heavy atom. The lowest BCUT2D eigenvalue weighted by Crippen LogP contribution is -2.52. The highest BCUT2D eigenvalue weighted by molar-refractivity contribution is 5.82. The molecule has 2 N–H and O–H groups in total. The molecule has 0 bridgehead atoms. The molecule has 0 saturated carbocycles. The zero-order chi connectivity index (χ0) is 15.2. The van der Waals surface area contributed by atoms with Gasteiger partial charge in [0, 0.05) is 19.1 Å². The van der Waals surface area contributed by atoms with Gasteiger partial charge in [0.15, 0.2) is 0 Å². The van der Waals surface area contributed by atoms with Crippen molar-refractivity contribution in [3.05, 3.63) is 35.4 Å².